The standard InChI is InChI=1S/C18H19FN4O3S.ClH/c19-15-6-4-14(5-7-15)8-9-22-10-12-23(13-11-22)27(24,25)17-3-1-2-16-18(17)21-26-20-16;/h1-7H,8-13H2;1H. The van der Waals surface area contributed by atoms with Gasteiger partial charge < -0.3 is 4.90 Å². The van der Waals surface area contributed by atoms with E-state index in [0.29, 0.717) is 31.7 Å². The Hall–Kier alpha value is -2.07. The van der Waals surface area contributed by atoms with Crippen LogP contribution in [0.3, 0.4) is 0 Å². The van der Waals surface area contributed by atoms with Gasteiger partial charge in [0.05, 0.1) is 0 Å². The van der Waals surface area contributed by atoms with E-state index in [9.17, 15) is 12.8 Å². The number of hydrogen-bond donors (Lipinski definition) is 0. The van der Waals surface area contributed by atoms with Crippen LogP contribution < -0.4 is 0 Å². The van der Waals surface area contributed by atoms with E-state index in [1.165, 1.54) is 22.5 Å². The van der Waals surface area contributed by atoms with E-state index in [0.717, 1.165) is 18.5 Å². The lowest BCUT2D eigenvalue weighted by Crippen LogP contribution is -2.49. The maximum absolute atomic E-state index is 13.0. The average molecular weight is 427 g/mol. The lowest BCUT2D eigenvalue weighted by molar-refractivity contribution is 0.190. The number of benzene rings is 2. The maximum atomic E-state index is 13.0. The Kier molecular flexibility index (Phi) is 6.29. The van der Waals surface area contributed by atoms with Crippen LogP contribution in [0.1, 0.15) is 5.56 Å². The van der Waals surface area contributed by atoms with Crippen molar-refractivity contribution in [3.8, 4) is 0 Å². The molecule has 28 heavy (non-hydrogen) atoms. The second kappa shape index (κ2) is 8.52. The van der Waals surface area contributed by atoms with Crippen LogP contribution in [0.2, 0.25) is 0 Å². The summed E-state index contributed by atoms with van der Waals surface area (Å²) in [5, 5.41) is 7.44. The normalized spacial score (nSPS) is 16.2. The Balaban J connectivity index is 0.00000225. The second-order valence-corrected chi connectivity index (χ2v) is 8.42. The van der Waals surface area contributed by atoms with E-state index in [1.807, 2.05) is 0 Å². The molecule has 150 valence electrons. The van der Waals surface area contributed by atoms with Crippen LogP contribution in [0.15, 0.2) is 52.0 Å². The number of sulfonamides is 1. The predicted octanol–water partition coefficient (Wildman–Crippen LogP) is 2.33. The molecule has 1 fully saturated rings. The van der Waals surface area contributed by atoms with Crippen LogP contribution in [0.5, 0.6) is 0 Å². The summed E-state index contributed by atoms with van der Waals surface area (Å²) in [6.45, 7) is 2.92. The van der Waals surface area contributed by atoms with Gasteiger partial charge in [0.15, 0.2) is 5.52 Å². The summed E-state index contributed by atoms with van der Waals surface area (Å²) in [5.74, 6) is -0.241. The SMILES string of the molecule is Cl.O=S(=O)(c1cccc2nonc12)N1CCN(CCc2ccc(F)cc2)CC1. The fraction of sp³-hybridized carbons (Fsp3) is 0.333. The van der Waals surface area contributed by atoms with Gasteiger partial charge >= 0.3 is 0 Å². The molecule has 0 bridgehead atoms. The zero-order chi connectivity index (χ0) is 18.9. The number of hydrogen-bond acceptors (Lipinski definition) is 6. The quantitative estimate of drug-likeness (QED) is 0.623. The molecule has 1 aromatic heterocycles. The minimum absolute atomic E-state index is 0. The first-order chi connectivity index (χ1) is 13.0. The first-order valence-corrected chi connectivity index (χ1v) is 10.2. The largest absolute Gasteiger partial charge is 0.300 e. The minimum Gasteiger partial charge on any atom is -0.300 e. The van der Waals surface area contributed by atoms with Gasteiger partial charge in [0.2, 0.25) is 10.0 Å². The first kappa shape index (κ1) is 20.7. The van der Waals surface area contributed by atoms with Gasteiger partial charge in [-0.1, -0.05) is 18.2 Å². The van der Waals surface area contributed by atoms with Gasteiger partial charge in [-0.25, -0.2) is 17.4 Å². The van der Waals surface area contributed by atoms with E-state index in [-0.39, 0.29) is 28.6 Å². The molecule has 0 amide bonds. The van der Waals surface area contributed by atoms with E-state index in [4.69, 9.17) is 0 Å². The molecule has 2 heterocycles. The molecule has 7 nitrogen and oxygen atoms in total. The van der Waals surface area contributed by atoms with Crippen LogP contribution in [-0.4, -0.2) is 60.7 Å². The molecule has 0 spiro atoms. The lowest BCUT2D eigenvalue weighted by Gasteiger charge is -2.33. The Morgan fingerprint density at radius 2 is 1.71 bits per heavy atom. The van der Waals surface area contributed by atoms with Gasteiger partial charge in [0.1, 0.15) is 16.2 Å². The van der Waals surface area contributed by atoms with Crippen molar-refractivity contribution in [2.24, 2.45) is 0 Å². The maximum Gasteiger partial charge on any atom is 0.245 e. The van der Waals surface area contributed by atoms with Crippen molar-refractivity contribution >= 4 is 33.5 Å². The van der Waals surface area contributed by atoms with Gasteiger partial charge in [-0.2, -0.15) is 4.31 Å². The van der Waals surface area contributed by atoms with Crippen molar-refractivity contribution in [1.29, 1.82) is 0 Å². The zero-order valence-electron chi connectivity index (χ0n) is 15.0. The molecule has 0 saturated carbocycles. The van der Waals surface area contributed by atoms with Crippen LogP contribution in [0.4, 0.5) is 4.39 Å². The zero-order valence-corrected chi connectivity index (χ0v) is 16.6. The van der Waals surface area contributed by atoms with E-state index >= 15 is 0 Å². The number of piperazine rings is 1. The Morgan fingerprint density at radius 1 is 1.00 bits per heavy atom. The molecule has 1 aliphatic rings. The molecule has 0 unspecified atom stereocenters. The van der Waals surface area contributed by atoms with Crippen LogP contribution in [0, 0.1) is 5.82 Å². The van der Waals surface area contributed by atoms with E-state index < -0.39 is 10.0 Å². The van der Waals surface area contributed by atoms with E-state index in [1.54, 1.807) is 24.3 Å². The Morgan fingerprint density at radius 3 is 2.43 bits per heavy atom. The molecule has 0 radical (unpaired) electrons. The summed E-state index contributed by atoms with van der Waals surface area (Å²) in [4.78, 5) is 2.34. The number of rotatable bonds is 5. The molecule has 0 atom stereocenters. The third-order valence-corrected chi connectivity index (χ3v) is 6.76. The summed E-state index contributed by atoms with van der Waals surface area (Å²) in [7, 11) is -3.65. The van der Waals surface area contributed by atoms with Crippen LogP contribution in [0.25, 0.3) is 11.0 Å². The summed E-state index contributed by atoms with van der Waals surface area (Å²) in [5.41, 5.74) is 1.75. The van der Waals surface area contributed by atoms with E-state index in [2.05, 4.69) is 19.8 Å². The molecule has 1 aliphatic heterocycles. The summed E-state index contributed by atoms with van der Waals surface area (Å²) in [6.07, 6.45) is 0.803. The van der Waals surface area contributed by atoms with Gasteiger partial charge in [-0.15, -0.1) is 12.4 Å². The monoisotopic (exact) mass is 426 g/mol. The molecule has 0 aliphatic carbocycles. The van der Waals surface area contributed by atoms with Gasteiger partial charge in [0, 0.05) is 32.7 Å². The average Bonchev–Trinajstić information content (AvgIpc) is 3.16. The lowest BCUT2D eigenvalue weighted by atomic mass is 10.1. The third kappa shape index (κ3) is 4.17. The molecule has 4 rings (SSSR count). The van der Waals surface area contributed by atoms with Crippen LogP contribution >= 0.6 is 12.4 Å². The highest BCUT2D eigenvalue weighted by Crippen LogP contribution is 2.24. The molecule has 0 N–H and O–H groups in total. The first-order valence-electron chi connectivity index (χ1n) is 8.72. The fourth-order valence-corrected chi connectivity index (χ4v) is 4.82. The van der Waals surface area contributed by atoms with Crippen molar-refractivity contribution < 1.29 is 17.4 Å². The van der Waals surface area contributed by atoms with Crippen LogP contribution in [-0.2, 0) is 16.4 Å². The summed E-state index contributed by atoms with van der Waals surface area (Å²) < 4.78 is 45.1. The number of nitrogens with zero attached hydrogens (tertiary/aromatic N) is 4. The highest BCUT2D eigenvalue weighted by Gasteiger charge is 2.30. The molecular formula is C18H20ClFN4O3S. The van der Waals surface area contributed by atoms with Gasteiger partial charge in [-0.3, -0.25) is 0 Å². The third-order valence-electron chi connectivity index (χ3n) is 4.83. The van der Waals surface area contributed by atoms with Gasteiger partial charge in [-0.05, 0) is 46.6 Å². The highest BCUT2D eigenvalue weighted by atomic mass is 35.5. The molecule has 2 aromatic carbocycles. The summed E-state index contributed by atoms with van der Waals surface area (Å²) >= 11 is 0. The smallest absolute Gasteiger partial charge is 0.245 e. The highest BCUT2D eigenvalue weighted by molar-refractivity contribution is 7.89. The summed E-state index contributed by atoms with van der Waals surface area (Å²) in [6, 6.07) is 11.3. The van der Waals surface area contributed by atoms with Crippen molar-refractivity contribution in [2.75, 3.05) is 32.7 Å². The number of fused-ring (bicyclic) bond motifs is 1. The van der Waals surface area contributed by atoms with Gasteiger partial charge in [0.25, 0.3) is 0 Å². The minimum atomic E-state index is -3.65. The van der Waals surface area contributed by atoms with Crippen molar-refractivity contribution in [3.63, 3.8) is 0 Å². The number of halogens is 2. The predicted molar refractivity (Wildman–Crippen MR) is 104 cm³/mol. The molecule has 1 saturated heterocycles. The molecule has 10 heteroatoms. The van der Waals surface area contributed by atoms with Crippen molar-refractivity contribution in [1.82, 2.24) is 19.5 Å². The topological polar surface area (TPSA) is 79.5 Å². The van der Waals surface area contributed by atoms with Crippen molar-refractivity contribution in [3.05, 3.63) is 53.8 Å². The Labute approximate surface area is 168 Å². The fourth-order valence-electron chi connectivity index (χ4n) is 3.26. The Bertz CT molecular complexity index is 1030. The van der Waals surface area contributed by atoms with Crippen molar-refractivity contribution in [2.45, 2.75) is 11.3 Å². The number of aromatic nitrogens is 2. The molecule has 3 aromatic rings. The second-order valence-electron chi connectivity index (χ2n) is 6.51. The molecular weight excluding hydrogens is 407 g/mol.